The van der Waals surface area contributed by atoms with Crippen molar-refractivity contribution in [1.82, 2.24) is 5.32 Å². The molecule has 0 aliphatic carbocycles. The monoisotopic (exact) mass is 191 g/mol. The molecule has 0 heterocycles. The third-order valence-corrected chi connectivity index (χ3v) is 1.98. The molecule has 0 fully saturated rings. The maximum absolute atomic E-state index is 10.6. The number of terminal acetylenes is 1. The van der Waals surface area contributed by atoms with Gasteiger partial charge in [0.2, 0.25) is 5.91 Å². The van der Waals surface area contributed by atoms with E-state index in [4.69, 9.17) is 18.0 Å². The first kappa shape index (κ1) is 10.7. The van der Waals surface area contributed by atoms with Gasteiger partial charge in [0.15, 0.2) is 0 Å². The molecule has 4 heteroatoms. The molecule has 0 atom stereocenters. The molecule has 2 nitrogen and oxygen atoms in total. The molecule has 1 amide bonds. The lowest BCUT2D eigenvalue weighted by molar-refractivity contribution is -0.118. The molecular weight excluding hydrogens is 182 g/mol. The minimum atomic E-state index is -0.132. The van der Waals surface area contributed by atoms with Gasteiger partial charge in [-0.2, -0.15) is 0 Å². The zero-order valence-corrected chi connectivity index (χ0v) is 7.67. The van der Waals surface area contributed by atoms with Gasteiger partial charge in [0.1, 0.15) is 5.88 Å². The van der Waals surface area contributed by atoms with E-state index >= 15 is 0 Å². The third kappa shape index (κ3) is 7.57. The lowest BCUT2D eigenvalue weighted by atomic mass is 10.6. The number of rotatable bonds is 5. The Kier molecular flexibility index (Phi) is 7.54. The van der Waals surface area contributed by atoms with E-state index in [-0.39, 0.29) is 11.8 Å². The lowest BCUT2D eigenvalue weighted by Gasteiger charge is -1.99. The quantitative estimate of drug-likeness (QED) is 0.394. The van der Waals surface area contributed by atoms with Gasteiger partial charge in [-0.1, -0.05) is 5.92 Å². The summed E-state index contributed by atoms with van der Waals surface area (Å²) in [5.74, 6) is 3.92. The molecule has 0 aliphatic heterocycles. The first-order chi connectivity index (χ1) is 5.31. The molecule has 0 saturated heterocycles. The van der Waals surface area contributed by atoms with E-state index in [0.717, 1.165) is 5.75 Å². The summed E-state index contributed by atoms with van der Waals surface area (Å²) in [5, 5.41) is 2.63. The number of hydrogen-bond acceptors (Lipinski definition) is 2. The Morgan fingerprint density at radius 2 is 2.45 bits per heavy atom. The van der Waals surface area contributed by atoms with Crippen molar-refractivity contribution in [2.24, 2.45) is 0 Å². The molecule has 62 valence electrons. The minimum absolute atomic E-state index is 0.0276. The van der Waals surface area contributed by atoms with Crippen molar-refractivity contribution >= 4 is 29.3 Å². The second kappa shape index (κ2) is 7.77. The summed E-state index contributed by atoms with van der Waals surface area (Å²) in [6.45, 7) is 0.637. The molecule has 0 aliphatic rings. The average molecular weight is 192 g/mol. The fourth-order valence-corrected chi connectivity index (χ4v) is 1.04. The fraction of sp³-hybridized carbons (Fsp3) is 0.571. The molecule has 0 aromatic heterocycles. The maximum atomic E-state index is 10.6. The Bertz CT molecular complexity index is 155. The van der Waals surface area contributed by atoms with Crippen LogP contribution in [0, 0.1) is 12.3 Å². The highest BCUT2D eigenvalue weighted by atomic mass is 35.5. The van der Waals surface area contributed by atoms with Crippen LogP contribution in [0.4, 0.5) is 0 Å². The molecule has 0 saturated carbocycles. The van der Waals surface area contributed by atoms with Crippen molar-refractivity contribution in [3.63, 3.8) is 0 Å². The number of alkyl halides is 1. The molecule has 11 heavy (non-hydrogen) atoms. The van der Waals surface area contributed by atoms with Crippen LogP contribution < -0.4 is 5.32 Å². The number of nitrogens with one attached hydrogen (secondary N) is 1. The van der Waals surface area contributed by atoms with Crippen LogP contribution in [0.3, 0.4) is 0 Å². The Morgan fingerprint density at radius 1 is 1.73 bits per heavy atom. The molecule has 0 aromatic rings. The second-order valence-corrected chi connectivity index (χ2v) is 3.11. The topological polar surface area (TPSA) is 29.1 Å². The van der Waals surface area contributed by atoms with Crippen molar-refractivity contribution in [3.05, 3.63) is 0 Å². The van der Waals surface area contributed by atoms with Gasteiger partial charge in [-0.25, -0.2) is 0 Å². The van der Waals surface area contributed by atoms with Crippen molar-refractivity contribution in [1.29, 1.82) is 0 Å². The molecule has 0 radical (unpaired) electrons. The SMILES string of the molecule is C#CCSCCNC(=O)CCl. The van der Waals surface area contributed by atoms with Crippen LogP contribution in [0.15, 0.2) is 0 Å². The van der Waals surface area contributed by atoms with Crippen LogP contribution >= 0.6 is 23.4 Å². The highest BCUT2D eigenvalue weighted by molar-refractivity contribution is 7.99. The van der Waals surface area contributed by atoms with Crippen molar-refractivity contribution in [2.45, 2.75) is 0 Å². The number of carbonyl (C=O) groups excluding carboxylic acids is 1. The zero-order valence-electron chi connectivity index (χ0n) is 6.10. The molecule has 0 spiro atoms. The first-order valence-corrected chi connectivity index (χ1v) is 4.84. The van der Waals surface area contributed by atoms with Gasteiger partial charge >= 0.3 is 0 Å². The van der Waals surface area contributed by atoms with E-state index in [1.807, 2.05) is 0 Å². The van der Waals surface area contributed by atoms with Gasteiger partial charge in [0.05, 0.1) is 5.75 Å². The third-order valence-electron chi connectivity index (χ3n) is 0.875. The number of amides is 1. The van der Waals surface area contributed by atoms with Crippen LogP contribution in [0.2, 0.25) is 0 Å². The molecular formula is C7H10ClNOS. The maximum Gasteiger partial charge on any atom is 0.234 e. The van der Waals surface area contributed by atoms with E-state index in [1.54, 1.807) is 11.8 Å². The van der Waals surface area contributed by atoms with Crippen molar-refractivity contribution in [3.8, 4) is 12.3 Å². The van der Waals surface area contributed by atoms with E-state index in [2.05, 4.69) is 11.2 Å². The Balaban J connectivity index is 3.03. The molecule has 0 unspecified atom stereocenters. The van der Waals surface area contributed by atoms with Crippen molar-refractivity contribution in [2.75, 3.05) is 23.9 Å². The van der Waals surface area contributed by atoms with E-state index in [0.29, 0.717) is 12.3 Å². The van der Waals surface area contributed by atoms with E-state index in [9.17, 15) is 4.79 Å². The fourth-order valence-electron chi connectivity index (χ4n) is 0.441. The van der Waals surface area contributed by atoms with Crippen LogP contribution in [-0.4, -0.2) is 29.8 Å². The Morgan fingerprint density at radius 3 is 3.00 bits per heavy atom. The van der Waals surface area contributed by atoms with Crippen LogP contribution in [-0.2, 0) is 4.79 Å². The number of thioether (sulfide) groups is 1. The van der Waals surface area contributed by atoms with Crippen LogP contribution in [0.5, 0.6) is 0 Å². The second-order valence-electron chi connectivity index (χ2n) is 1.74. The Labute approximate surface area is 76.1 Å². The number of hydrogen-bond donors (Lipinski definition) is 1. The van der Waals surface area contributed by atoms with Gasteiger partial charge in [0.25, 0.3) is 0 Å². The van der Waals surface area contributed by atoms with E-state index in [1.165, 1.54) is 0 Å². The zero-order chi connectivity index (χ0) is 8.53. The number of carbonyl (C=O) groups is 1. The van der Waals surface area contributed by atoms with Crippen LogP contribution in [0.25, 0.3) is 0 Å². The molecule has 1 N–H and O–H groups in total. The smallest absolute Gasteiger partial charge is 0.234 e. The molecule has 0 aromatic carbocycles. The van der Waals surface area contributed by atoms with Gasteiger partial charge in [-0.3, -0.25) is 4.79 Å². The van der Waals surface area contributed by atoms with Gasteiger partial charge < -0.3 is 5.32 Å². The molecule has 0 rings (SSSR count). The Hall–Kier alpha value is -0.330. The summed E-state index contributed by atoms with van der Waals surface area (Å²) in [7, 11) is 0. The standard InChI is InChI=1S/C7H10ClNOS/c1-2-4-11-5-3-9-7(10)6-8/h1H,3-6H2,(H,9,10). The van der Waals surface area contributed by atoms with Crippen LogP contribution in [0.1, 0.15) is 0 Å². The predicted molar refractivity (Wildman–Crippen MR) is 49.9 cm³/mol. The largest absolute Gasteiger partial charge is 0.354 e. The summed E-state index contributed by atoms with van der Waals surface area (Å²) < 4.78 is 0. The van der Waals surface area contributed by atoms with E-state index < -0.39 is 0 Å². The van der Waals surface area contributed by atoms with Gasteiger partial charge in [-0.05, 0) is 0 Å². The summed E-state index contributed by atoms with van der Waals surface area (Å²) in [4.78, 5) is 10.6. The van der Waals surface area contributed by atoms with Gasteiger partial charge in [-0.15, -0.1) is 29.8 Å². The summed E-state index contributed by atoms with van der Waals surface area (Å²) in [6.07, 6.45) is 5.02. The average Bonchev–Trinajstić information content (AvgIpc) is 2.04. The normalized spacial score (nSPS) is 8.73. The van der Waals surface area contributed by atoms with Gasteiger partial charge in [0, 0.05) is 12.3 Å². The highest BCUT2D eigenvalue weighted by Gasteiger charge is 1.94. The molecule has 0 bridgehead atoms. The highest BCUT2D eigenvalue weighted by Crippen LogP contribution is 1.94. The lowest BCUT2D eigenvalue weighted by Crippen LogP contribution is -2.26. The van der Waals surface area contributed by atoms with Crippen molar-refractivity contribution < 1.29 is 4.79 Å². The summed E-state index contributed by atoms with van der Waals surface area (Å²) in [5.41, 5.74) is 0. The minimum Gasteiger partial charge on any atom is -0.354 e. The summed E-state index contributed by atoms with van der Waals surface area (Å²) >= 11 is 6.85. The first-order valence-electron chi connectivity index (χ1n) is 3.15. The predicted octanol–water partition coefficient (Wildman–Crippen LogP) is 0.708. The number of halogens is 1. The summed E-state index contributed by atoms with van der Waals surface area (Å²) in [6, 6.07) is 0.